The van der Waals surface area contributed by atoms with Crippen LogP contribution in [0.3, 0.4) is 0 Å². The van der Waals surface area contributed by atoms with Gasteiger partial charge in [-0.3, -0.25) is 4.55 Å². The number of unbranched alkanes of at least 4 members (excludes halogenated alkanes) is 10. The number of hydrogen-bond acceptors (Lipinski definition) is 2. The molecule has 0 unspecified atom stereocenters. The van der Waals surface area contributed by atoms with Gasteiger partial charge in [0, 0.05) is 0 Å². The van der Waals surface area contributed by atoms with Crippen LogP contribution < -0.4 is 0 Å². The van der Waals surface area contributed by atoms with Crippen molar-refractivity contribution < 1.29 is 13.0 Å². The van der Waals surface area contributed by atoms with E-state index in [0.717, 1.165) is 18.4 Å². The first-order valence-corrected chi connectivity index (χ1v) is 10.5. The predicted octanol–water partition coefficient (Wildman–Crippen LogP) is 5.14. The van der Waals surface area contributed by atoms with Gasteiger partial charge < -0.3 is 0 Å². The molecule has 1 N–H and O–H groups in total. The summed E-state index contributed by atoms with van der Waals surface area (Å²) in [4.78, 5) is -0.0276. The molecule has 1 rings (SSSR count). The summed E-state index contributed by atoms with van der Waals surface area (Å²) in [6.07, 6.45) is 15.6. The molecule has 0 saturated carbocycles. The van der Waals surface area contributed by atoms with Crippen molar-refractivity contribution >= 4 is 39.7 Å². The van der Waals surface area contributed by atoms with Crippen molar-refractivity contribution in [3.05, 3.63) is 29.8 Å². The number of hydrogen-bond donors (Lipinski definition) is 1. The van der Waals surface area contributed by atoms with Crippen molar-refractivity contribution in [3.8, 4) is 0 Å². The molecule has 0 aliphatic rings. The Labute approximate surface area is 170 Å². The topological polar surface area (TPSA) is 54.4 Å². The van der Waals surface area contributed by atoms with E-state index in [9.17, 15) is 8.42 Å². The molecule has 0 radical (unpaired) electrons. The molecular weight excluding hydrogens is 331 g/mol. The normalized spacial score (nSPS) is 11.2. The van der Waals surface area contributed by atoms with Crippen molar-refractivity contribution in [2.45, 2.75) is 88.9 Å². The summed E-state index contributed by atoms with van der Waals surface area (Å²) in [6.45, 7) is 2.25. The molecule has 1 aromatic rings. The van der Waals surface area contributed by atoms with E-state index in [-0.39, 0.29) is 34.5 Å². The Kier molecular flexibility index (Phi) is 14.4. The molecule has 1 aromatic carbocycles. The first-order chi connectivity index (χ1) is 11.0. The molecular formula is C19H33NaO3S. The second-order valence-electron chi connectivity index (χ2n) is 6.40. The van der Waals surface area contributed by atoms with Crippen LogP contribution in [0.2, 0.25) is 0 Å². The van der Waals surface area contributed by atoms with Gasteiger partial charge >= 0.3 is 29.6 Å². The minimum absolute atomic E-state index is 0. The summed E-state index contributed by atoms with van der Waals surface area (Å²) in [5.74, 6) is 0. The molecule has 3 nitrogen and oxygen atoms in total. The molecule has 5 heteroatoms. The van der Waals surface area contributed by atoms with E-state index in [1.165, 1.54) is 76.3 Å². The Morgan fingerprint density at radius 1 is 0.750 bits per heavy atom. The van der Waals surface area contributed by atoms with Crippen LogP contribution in [0, 0.1) is 0 Å². The third-order valence-electron chi connectivity index (χ3n) is 4.29. The molecule has 0 spiro atoms. The van der Waals surface area contributed by atoms with Crippen LogP contribution in [0.4, 0.5) is 0 Å². The molecule has 0 aromatic heterocycles. The van der Waals surface area contributed by atoms with Crippen LogP contribution in [0.5, 0.6) is 0 Å². The third-order valence-corrected chi connectivity index (χ3v) is 5.16. The zero-order chi connectivity index (χ0) is 17.0. The zero-order valence-electron chi connectivity index (χ0n) is 14.5. The Morgan fingerprint density at radius 2 is 1.17 bits per heavy atom. The van der Waals surface area contributed by atoms with Crippen LogP contribution in [0.1, 0.15) is 83.1 Å². The van der Waals surface area contributed by atoms with E-state index in [4.69, 9.17) is 4.55 Å². The Hall–Kier alpha value is 0.130. The monoisotopic (exact) mass is 364 g/mol. The number of benzene rings is 1. The third kappa shape index (κ3) is 11.6. The summed E-state index contributed by atoms with van der Waals surface area (Å²) < 4.78 is 30.8. The van der Waals surface area contributed by atoms with E-state index in [2.05, 4.69) is 6.92 Å². The van der Waals surface area contributed by atoms with Crippen LogP contribution in [0.15, 0.2) is 29.2 Å². The summed E-state index contributed by atoms with van der Waals surface area (Å²) in [5, 5.41) is 0. The molecule has 0 atom stereocenters. The fraction of sp³-hybridized carbons (Fsp3) is 0.684. The van der Waals surface area contributed by atoms with Gasteiger partial charge in [0.15, 0.2) is 0 Å². The summed E-state index contributed by atoms with van der Waals surface area (Å²) >= 11 is 0. The maximum atomic E-state index is 11.0. The molecule has 0 fully saturated rings. The van der Waals surface area contributed by atoms with E-state index in [1.807, 2.05) is 0 Å². The summed E-state index contributed by atoms with van der Waals surface area (Å²) in [5.41, 5.74) is 1.13. The second-order valence-corrected chi connectivity index (χ2v) is 7.83. The van der Waals surface area contributed by atoms with Crippen LogP contribution in [-0.4, -0.2) is 42.5 Å². The molecule has 0 amide bonds. The van der Waals surface area contributed by atoms with E-state index < -0.39 is 10.1 Å². The molecule has 0 saturated heterocycles. The average molecular weight is 365 g/mol. The standard InChI is InChI=1S/C19H32O3S.Na.H/c1-2-3-4-5-6-7-8-9-10-11-12-13-18-14-16-19(17-15-18)23(20,21)22;;/h14-17H,2-13H2,1H3,(H,20,21,22);;. The van der Waals surface area contributed by atoms with Gasteiger partial charge in [-0.1, -0.05) is 83.3 Å². The average Bonchev–Trinajstić information content (AvgIpc) is 2.52. The van der Waals surface area contributed by atoms with Gasteiger partial charge in [-0.2, -0.15) is 8.42 Å². The molecule has 0 aliphatic heterocycles. The minimum atomic E-state index is -4.07. The van der Waals surface area contributed by atoms with Gasteiger partial charge in [0.1, 0.15) is 0 Å². The second kappa shape index (κ2) is 14.3. The van der Waals surface area contributed by atoms with Gasteiger partial charge in [0.25, 0.3) is 10.1 Å². The fourth-order valence-corrected chi connectivity index (χ4v) is 3.30. The maximum absolute atomic E-state index is 11.0. The van der Waals surface area contributed by atoms with Crippen molar-refractivity contribution in [1.82, 2.24) is 0 Å². The quantitative estimate of drug-likeness (QED) is 0.300. The fourth-order valence-electron chi connectivity index (χ4n) is 2.82. The zero-order valence-corrected chi connectivity index (χ0v) is 15.3. The van der Waals surface area contributed by atoms with Crippen molar-refractivity contribution in [2.75, 3.05) is 0 Å². The van der Waals surface area contributed by atoms with Gasteiger partial charge in [-0.05, 0) is 30.5 Å². The Balaban J connectivity index is 0.00000529. The number of aryl methyl sites for hydroxylation is 1. The first-order valence-electron chi connectivity index (χ1n) is 9.10. The molecule has 24 heavy (non-hydrogen) atoms. The van der Waals surface area contributed by atoms with E-state index >= 15 is 0 Å². The SMILES string of the molecule is CCCCCCCCCCCCCc1ccc(S(=O)(=O)O)cc1.[NaH]. The predicted molar refractivity (Wildman–Crippen MR) is 104 cm³/mol. The van der Waals surface area contributed by atoms with Crippen LogP contribution in [0.25, 0.3) is 0 Å². The molecule has 0 aliphatic carbocycles. The molecule has 0 heterocycles. The number of rotatable bonds is 13. The Bertz CT molecular complexity index is 512. The van der Waals surface area contributed by atoms with Crippen molar-refractivity contribution in [1.29, 1.82) is 0 Å². The van der Waals surface area contributed by atoms with Crippen molar-refractivity contribution in [3.63, 3.8) is 0 Å². The van der Waals surface area contributed by atoms with E-state index in [1.54, 1.807) is 12.1 Å². The van der Waals surface area contributed by atoms with Crippen molar-refractivity contribution in [2.24, 2.45) is 0 Å². The van der Waals surface area contributed by atoms with Crippen LogP contribution in [-0.2, 0) is 16.5 Å². The molecule has 134 valence electrons. The summed E-state index contributed by atoms with van der Waals surface area (Å²) in [6, 6.07) is 6.53. The van der Waals surface area contributed by atoms with E-state index in [0.29, 0.717) is 0 Å². The van der Waals surface area contributed by atoms with Gasteiger partial charge in [0.2, 0.25) is 0 Å². The van der Waals surface area contributed by atoms with Crippen LogP contribution >= 0.6 is 0 Å². The Morgan fingerprint density at radius 3 is 1.58 bits per heavy atom. The molecule has 0 bridgehead atoms. The van der Waals surface area contributed by atoms with Gasteiger partial charge in [-0.25, -0.2) is 0 Å². The van der Waals surface area contributed by atoms with Gasteiger partial charge in [-0.15, -0.1) is 0 Å². The summed E-state index contributed by atoms with van der Waals surface area (Å²) in [7, 11) is -4.07. The first kappa shape index (κ1) is 24.1. The van der Waals surface area contributed by atoms with Gasteiger partial charge in [0.05, 0.1) is 4.90 Å².